The summed E-state index contributed by atoms with van der Waals surface area (Å²) in [4.78, 5) is 24.6. The van der Waals surface area contributed by atoms with Gasteiger partial charge in [-0.3, -0.25) is 0 Å². The molecule has 1 aliphatic heterocycles. The molecule has 1 heterocycles. The van der Waals surface area contributed by atoms with Crippen LogP contribution in [0.2, 0.25) is 0 Å². The minimum absolute atomic E-state index is 0.0221. The van der Waals surface area contributed by atoms with Gasteiger partial charge in [0.25, 0.3) is 0 Å². The Morgan fingerprint density at radius 2 is 1.50 bits per heavy atom. The van der Waals surface area contributed by atoms with Crippen LogP contribution < -0.4 is 4.74 Å². The molecule has 0 aliphatic carbocycles. The molecule has 0 spiro atoms. The monoisotopic (exact) mass is 482 g/mol. The van der Waals surface area contributed by atoms with Gasteiger partial charge < -0.3 is 54.7 Å². The third-order valence-corrected chi connectivity index (χ3v) is 4.99. The average molecular weight is 482 g/mol. The van der Waals surface area contributed by atoms with Crippen LogP contribution in [0, 0.1) is 0 Å². The van der Waals surface area contributed by atoms with E-state index >= 15 is 0 Å². The zero-order chi connectivity index (χ0) is 25.2. The number of carbonyl (C=O) groups is 2. The molecule has 0 bridgehead atoms. The number of hydrogen-bond donors (Lipinski definition) is 7. The van der Waals surface area contributed by atoms with Gasteiger partial charge in [0.1, 0.15) is 31.0 Å². The number of phenols is 4. The Hall–Kier alpha value is -3.78. The molecular formula is C21H22O13. The lowest BCUT2D eigenvalue weighted by Crippen LogP contribution is -2.59. The van der Waals surface area contributed by atoms with Crippen molar-refractivity contribution in [2.75, 3.05) is 13.7 Å². The van der Waals surface area contributed by atoms with Crippen LogP contribution in [0.25, 0.3) is 0 Å². The molecule has 0 aromatic heterocycles. The van der Waals surface area contributed by atoms with E-state index in [0.29, 0.717) is 0 Å². The second kappa shape index (κ2) is 10.0. The lowest BCUT2D eigenvalue weighted by Gasteiger charge is -2.39. The number of carbonyl (C=O) groups excluding carboxylic acids is 2. The van der Waals surface area contributed by atoms with Crippen LogP contribution in [-0.2, 0) is 14.2 Å². The first-order chi connectivity index (χ1) is 16.0. The van der Waals surface area contributed by atoms with Gasteiger partial charge in [-0.25, -0.2) is 9.59 Å². The molecule has 1 aliphatic rings. The van der Waals surface area contributed by atoms with Crippen LogP contribution in [-0.4, -0.2) is 92.1 Å². The zero-order valence-electron chi connectivity index (χ0n) is 17.6. The van der Waals surface area contributed by atoms with Gasteiger partial charge in [0.2, 0.25) is 6.29 Å². The Kier molecular flexibility index (Phi) is 7.32. The van der Waals surface area contributed by atoms with Crippen molar-refractivity contribution in [1.82, 2.24) is 0 Å². The van der Waals surface area contributed by atoms with E-state index in [9.17, 15) is 45.3 Å². The third kappa shape index (κ3) is 5.07. The van der Waals surface area contributed by atoms with Gasteiger partial charge in [-0.05, 0) is 30.3 Å². The van der Waals surface area contributed by atoms with Gasteiger partial charge >= 0.3 is 11.9 Å². The molecule has 1 saturated heterocycles. The molecule has 2 aromatic carbocycles. The summed E-state index contributed by atoms with van der Waals surface area (Å²) in [5, 5.41) is 68.4. The van der Waals surface area contributed by atoms with E-state index in [1.54, 1.807) is 0 Å². The molecule has 13 nitrogen and oxygen atoms in total. The van der Waals surface area contributed by atoms with E-state index in [2.05, 4.69) is 0 Å². The minimum Gasteiger partial charge on any atom is -0.504 e. The first kappa shape index (κ1) is 24.9. The summed E-state index contributed by atoms with van der Waals surface area (Å²) in [6.45, 7) is -0.687. The second-order valence-electron chi connectivity index (χ2n) is 7.27. The number of benzene rings is 2. The average Bonchev–Trinajstić information content (AvgIpc) is 2.81. The van der Waals surface area contributed by atoms with Crippen LogP contribution in [0.5, 0.6) is 28.7 Å². The van der Waals surface area contributed by atoms with Crippen LogP contribution in [0.3, 0.4) is 0 Å². The quantitative estimate of drug-likeness (QED) is 0.201. The van der Waals surface area contributed by atoms with Crippen molar-refractivity contribution in [3.8, 4) is 28.7 Å². The molecule has 0 saturated carbocycles. The van der Waals surface area contributed by atoms with Gasteiger partial charge in [0.15, 0.2) is 28.7 Å². The maximum absolute atomic E-state index is 12.4. The molecule has 13 heteroatoms. The maximum atomic E-state index is 12.4. The van der Waals surface area contributed by atoms with E-state index in [1.165, 1.54) is 25.3 Å². The summed E-state index contributed by atoms with van der Waals surface area (Å²) in [6.07, 6.45) is -8.65. The highest BCUT2D eigenvalue weighted by molar-refractivity contribution is 5.91. The van der Waals surface area contributed by atoms with Crippen LogP contribution in [0.4, 0.5) is 0 Å². The van der Waals surface area contributed by atoms with Crippen molar-refractivity contribution in [3.63, 3.8) is 0 Å². The van der Waals surface area contributed by atoms with Crippen molar-refractivity contribution in [2.24, 2.45) is 0 Å². The Morgan fingerprint density at radius 1 is 0.853 bits per heavy atom. The van der Waals surface area contributed by atoms with Gasteiger partial charge in [-0.1, -0.05) is 0 Å². The number of hydrogen-bond acceptors (Lipinski definition) is 13. The SMILES string of the molecule is COc1cc(C(=O)O[C@@H]2O[C@H](COC(=O)c3cc(O)c(O)c(O)c3)[C@@H](O)[C@H](O)[C@H]2O)ccc1O. The Balaban J connectivity index is 1.68. The molecule has 184 valence electrons. The maximum Gasteiger partial charge on any atom is 0.340 e. The highest BCUT2D eigenvalue weighted by atomic mass is 16.7. The predicted molar refractivity (Wildman–Crippen MR) is 108 cm³/mol. The summed E-state index contributed by atoms with van der Waals surface area (Å²) in [6, 6.07) is 5.20. The number of rotatable bonds is 6. The van der Waals surface area contributed by atoms with Crippen LogP contribution >= 0.6 is 0 Å². The summed E-state index contributed by atoms with van der Waals surface area (Å²) >= 11 is 0. The minimum atomic E-state index is -1.85. The molecule has 0 radical (unpaired) electrons. The first-order valence-electron chi connectivity index (χ1n) is 9.73. The zero-order valence-corrected chi connectivity index (χ0v) is 17.6. The number of aromatic hydroxyl groups is 4. The lowest BCUT2D eigenvalue weighted by atomic mass is 9.99. The summed E-state index contributed by atoms with van der Waals surface area (Å²) in [5.41, 5.74) is -0.427. The molecule has 0 unspecified atom stereocenters. The second-order valence-corrected chi connectivity index (χ2v) is 7.27. The van der Waals surface area contributed by atoms with E-state index in [4.69, 9.17) is 18.9 Å². The molecule has 34 heavy (non-hydrogen) atoms. The Labute approximate surface area is 191 Å². The topological polar surface area (TPSA) is 213 Å². The summed E-state index contributed by atoms with van der Waals surface area (Å²) in [7, 11) is 1.27. The number of esters is 2. The summed E-state index contributed by atoms with van der Waals surface area (Å²) in [5.74, 6) is -4.76. The van der Waals surface area contributed by atoms with Gasteiger partial charge in [-0.2, -0.15) is 0 Å². The molecular weight excluding hydrogens is 460 g/mol. The highest BCUT2D eigenvalue weighted by Crippen LogP contribution is 2.35. The fraction of sp³-hybridized carbons (Fsp3) is 0.333. The summed E-state index contributed by atoms with van der Waals surface area (Å²) < 4.78 is 20.2. The smallest absolute Gasteiger partial charge is 0.340 e. The normalized spacial score (nSPS) is 24.3. The van der Waals surface area contributed by atoms with Gasteiger partial charge in [-0.15, -0.1) is 0 Å². The van der Waals surface area contributed by atoms with E-state index in [1.807, 2.05) is 0 Å². The van der Waals surface area contributed by atoms with Gasteiger partial charge in [0, 0.05) is 0 Å². The number of phenolic OH excluding ortho intramolecular Hbond substituents is 4. The standard InChI is InChI=1S/C21H22O13/c1-31-13-6-8(2-3-10(13)22)20(30)34-21-18(28)17(27)16(26)14(33-21)7-32-19(29)9-4-11(23)15(25)12(24)5-9/h2-6,14,16-18,21-28H,7H2,1H3/t14-,16-,17+,18-,21+/m1/s1. The molecule has 7 N–H and O–H groups in total. The molecule has 5 atom stereocenters. The van der Waals surface area contributed by atoms with Crippen LogP contribution in [0.15, 0.2) is 30.3 Å². The number of aliphatic hydroxyl groups is 3. The predicted octanol–water partition coefficient (Wildman–Crippen LogP) is -0.661. The highest BCUT2D eigenvalue weighted by Gasteiger charge is 2.46. The van der Waals surface area contributed by atoms with E-state index in [-0.39, 0.29) is 22.6 Å². The van der Waals surface area contributed by atoms with E-state index < -0.39 is 66.5 Å². The fourth-order valence-electron chi connectivity index (χ4n) is 3.09. The van der Waals surface area contributed by atoms with Crippen LogP contribution in [0.1, 0.15) is 20.7 Å². The Morgan fingerprint density at radius 3 is 2.12 bits per heavy atom. The lowest BCUT2D eigenvalue weighted by molar-refractivity contribution is -0.285. The van der Waals surface area contributed by atoms with Gasteiger partial charge in [0.05, 0.1) is 18.2 Å². The molecule has 3 rings (SSSR count). The van der Waals surface area contributed by atoms with Crippen molar-refractivity contribution in [1.29, 1.82) is 0 Å². The Bertz CT molecular complexity index is 1050. The number of aliphatic hydroxyl groups excluding tert-OH is 3. The van der Waals surface area contributed by atoms with Crippen molar-refractivity contribution < 1.29 is 64.3 Å². The molecule has 0 amide bonds. The van der Waals surface area contributed by atoms with Crippen molar-refractivity contribution in [2.45, 2.75) is 30.7 Å². The van der Waals surface area contributed by atoms with Crippen molar-refractivity contribution in [3.05, 3.63) is 41.5 Å². The number of methoxy groups -OCH3 is 1. The fourth-order valence-corrected chi connectivity index (χ4v) is 3.09. The largest absolute Gasteiger partial charge is 0.504 e. The van der Waals surface area contributed by atoms with Crippen molar-refractivity contribution >= 4 is 11.9 Å². The van der Waals surface area contributed by atoms with E-state index in [0.717, 1.165) is 12.1 Å². The number of ether oxygens (including phenoxy) is 4. The molecule has 2 aromatic rings. The first-order valence-corrected chi connectivity index (χ1v) is 9.73. The molecule has 1 fully saturated rings. The third-order valence-electron chi connectivity index (χ3n) is 4.99.